The van der Waals surface area contributed by atoms with Crippen LogP contribution in [0.1, 0.15) is 5.56 Å². The number of rotatable bonds is 0. The Kier molecular flexibility index (Phi) is 6.03. The van der Waals surface area contributed by atoms with Crippen molar-refractivity contribution in [2.45, 2.75) is 6.92 Å². The first-order valence-corrected chi connectivity index (χ1v) is 3.88. The molecule has 0 fully saturated rings. The van der Waals surface area contributed by atoms with Crippen molar-refractivity contribution in [3.8, 4) is 5.75 Å². The smallest absolute Gasteiger partial charge is 0.000313 e. The fourth-order valence-corrected chi connectivity index (χ4v) is 0.821. The summed E-state index contributed by atoms with van der Waals surface area (Å²) in [5.74, 6) is 0.389. The summed E-state index contributed by atoms with van der Waals surface area (Å²) in [6.45, 7) is 1.87. The molecule has 1 N–H and O–H groups in total. The van der Waals surface area contributed by atoms with Gasteiger partial charge in [0.05, 0.1) is 0 Å². The molecule has 0 aliphatic carbocycles. The Labute approximate surface area is 89.2 Å². The molecular weight excluding hydrogens is 204 g/mol. The Morgan fingerprint density at radius 2 is 1.62 bits per heavy atom. The van der Waals surface area contributed by atoms with Crippen molar-refractivity contribution >= 4 is 0 Å². The van der Waals surface area contributed by atoms with Crippen molar-refractivity contribution < 1.29 is 22.2 Å². The maximum atomic E-state index is 8.76. The van der Waals surface area contributed by atoms with Crippen molar-refractivity contribution in [2.75, 3.05) is 0 Å². The molecule has 2 aromatic carbocycles. The second-order valence-corrected chi connectivity index (χ2v) is 2.56. The summed E-state index contributed by atoms with van der Waals surface area (Å²) in [4.78, 5) is 0. The van der Waals surface area contributed by atoms with Crippen LogP contribution in [0.2, 0.25) is 0 Å². The Morgan fingerprint density at radius 1 is 1.15 bits per heavy atom. The average Bonchev–Trinajstić information content (AvgIpc) is 2.67. The van der Waals surface area contributed by atoms with E-state index in [2.05, 4.69) is 0 Å². The molecule has 0 atom stereocenters. The van der Waals surface area contributed by atoms with E-state index < -0.39 is 0 Å². The van der Waals surface area contributed by atoms with Gasteiger partial charge in [-0.05, 0) is 0 Å². The number of aryl methyl sites for hydroxylation is 1. The fraction of sp³-hybridized carbons (Fsp3) is 0.0909. The quantitative estimate of drug-likeness (QED) is 0.530. The summed E-state index contributed by atoms with van der Waals surface area (Å²) in [6, 6.07) is 15.4. The molecule has 76 valence electrons. The van der Waals surface area contributed by atoms with E-state index in [9.17, 15) is 0 Å². The Morgan fingerprint density at radius 3 is 1.77 bits per heavy atom. The average molecular weight is 216 g/mol. The van der Waals surface area contributed by atoms with Crippen molar-refractivity contribution in [3.05, 3.63) is 54.1 Å². The van der Waals surface area contributed by atoms with E-state index >= 15 is 0 Å². The molecule has 0 radical (unpaired) electrons. The zero-order valence-electron chi connectivity index (χ0n) is 7.42. The molecule has 0 heterocycles. The molecule has 0 aliphatic heterocycles. The van der Waals surface area contributed by atoms with E-state index in [-0.39, 0.29) is 17.1 Å². The van der Waals surface area contributed by atoms with E-state index in [0.29, 0.717) is 5.75 Å². The predicted octanol–water partition coefficient (Wildman–Crippen LogP) is 2.82. The molecule has 13 heavy (non-hydrogen) atoms. The summed E-state index contributed by atoms with van der Waals surface area (Å²) < 4.78 is 0. The van der Waals surface area contributed by atoms with Gasteiger partial charge in [-0.25, -0.2) is 6.07 Å². The summed E-state index contributed by atoms with van der Waals surface area (Å²) in [7, 11) is 0. The van der Waals surface area contributed by atoms with Crippen LogP contribution in [0.25, 0.3) is 0 Å². The minimum absolute atomic E-state index is 0. The molecule has 2 rings (SSSR count). The normalized spacial score (nSPS) is 8.08. The van der Waals surface area contributed by atoms with Crippen LogP contribution < -0.4 is 0 Å². The third-order valence-corrected chi connectivity index (χ3v) is 1.56. The molecule has 0 unspecified atom stereocenters. The first-order valence-electron chi connectivity index (χ1n) is 3.88. The largest absolute Gasteiger partial charge is 0.748 e. The van der Waals surface area contributed by atoms with Crippen molar-refractivity contribution in [1.29, 1.82) is 0 Å². The van der Waals surface area contributed by atoms with Crippen LogP contribution in [0, 0.1) is 6.92 Å². The van der Waals surface area contributed by atoms with Crippen molar-refractivity contribution in [1.82, 2.24) is 0 Å². The van der Waals surface area contributed by atoms with Crippen LogP contribution in [0.15, 0.2) is 48.5 Å². The van der Waals surface area contributed by atoms with E-state index in [1.807, 2.05) is 49.4 Å². The van der Waals surface area contributed by atoms with Crippen LogP contribution in [0.3, 0.4) is 0 Å². The zero-order valence-corrected chi connectivity index (χ0v) is 8.52. The maximum absolute atomic E-state index is 8.76. The molecule has 0 bridgehead atoms. The third-order valence-electron chi connectivity index (χ3n) is 1.56. The minimum atomic E-state index is 0. The van der Waals surface area contributed by atoms with Crippen LogP contribution >= 0.6 is 0 Å². The van der Waals surface area contributed by atoms with Gasteiger partial charge < -0.3 is 35.4 Å². The molecule has 0 spiro atoms. The van der Waals surface area contributed by atoms with E-state index in [4.69, 9.17) is 5.11 Å². The van der Waals surface area contributed by atoms with Gasteiger partial charge in [0.25, 0.3) is 0 Å². The molecule has 0 aliphatic rings. The molecule has 2 heteroatoms. The summed E-state index contributed by atoms with van der Waals surface area (Å²) >= 11 is 0. The van der Waals surface area contributed by atoms with Gasteiger partial charge in [0, 0.05) is 22.8 Å². The van der Waals surface area contributed by atoms with Crippen LogP contribution in [0.5, 0.6) is 5.75 Å². The molecule has 0 amide bonds. The summed E-state index contributed by atoms with van der Waals surface area (Å²) in [5, 5.41) is 8.76. The maximum Gasteiger partial charge on any atom is 0.000313 e. The van der Waals surface area contributed by atoms with E-state index in [1.165, 1.54) is 0 Å². The standard InChI is InChI=1S/C6H7O.C5H5.Fe/c1-5-3-2-4-6(5)7;1-2-4-5-3-1;/h2-4,7H,1H3;1-5H;/q-1;-5;. The molecular formula is C11H12FeO-6. The summed E-state index contributed by atoms with van der Waals surface area (Å²) in [5.41, 5.74) is 0.944. The third kappa shape index (κ3) is 4.56. The molecule has 0 aromatic heterocycles. The number of aromatic hydroxyl groups is 1. The van der Waals surface area contributed by atoms with E-state index in [1.54, 1.807) is 6.07 Å². The van der Waals surface area contributed by atoms with Gasteiger partial charge in [0.1, 0.15) is 0 Å². The molecule has 0 saturated heterocycles. The monoisotopic (exact) mass is 216 g/mol. The zero-order chi connectivity index (χ0) is 8.81. The first kappa shape index (κ1) is 12.0. The van der Waals surface area contributed by atoms with Gasteiger partial charge in [-0.2, -0.15) is 12.1 Å². The van der Waals surface area contributed by atoms with Crippen LogP contribution in [0.4, 0.5) is 0 Å². The predicted molar refractivity (Wildman–Crippen MR) is 50.5 cm³/mol. The van der Waals surface area contributed by atoms with Gasteiger partial charge in [-0.1, -0.05) is 6.92 Å². The fourth-order valence-electron chi connectivity index (χ4n) is 0.821. The Balaban J connectivity index is 0.000000215. The van der Waals surface area contributed by atoms with Crippen molar-refractivity contribution in [3.63, 3.8) is 0 Å². The topological polar surface area (TPSA) is 20.2 Å². The molecule has 2 aromatic rings. The van der Waals surface area contributed by atoms with Gasteiger partial charge >= 0.3 is 0 Å². The molecule has 0 saturated carbocycles. The molecule has 1 nitrogen and oxygen atoms in total. The van der Waals surface area contributed by atoms with Gasteiger partial charge in [0.2, 0.25) is 0 Å². The summed E-state index contributed by atoms with van der Waals surface area (Å²) in [6.07, 6.45) is 0. The second-order valence-electron chi connectivity index (χ2n) is 2.56. The van der Waals surface area contributed by atoms with Gasteiger partial charge in [0.15, 0.2) is 0 Å². The van der Waals surface area contributed by atoms with Gasteiger partial charge in [-0.3, -0.25) is 0 Å². The Hall–Kier alpha value is -0.981. The van der Waals surface area contributed by atoms with Crippen LogP contribution in [-0.4, -0.2) is 5.11 Å². The Bertz CT molecular complexity index is 262. The van der Waals surface area contributed by atoms with Crippen LogP contribution in [-0.2, 0) is 17.1 Å². The van der Waals surface area contributed by atoms with Crippen molar-refractivity contribution in [2.24, 2.45) is 0 Å². The minimum Gasteiger partial charge on any atom is -0.748 e. The van der Waals surface area contributed by atoms with E-state index in [0.717, 1.165) is 5.56 Å². The first-order chi connectivity index (χ1) is 5.80. The number of hydrogen-bond donors (Lipinski definition) is 1. The second kappa shape index (κ2) is 6.53. The number of hydrogen-bond acceptors (Lipinski definition) is 1. The van der Waals surface area contributed by atoms with Gasteiger partial charge in [-0.15, -0.1) is 5.56 Å². The SMILES string of the molecule is C[c-]1cccc1O.[Fe].[cH-]1[cH-][cH-][cH-][cH-]1.